The zero-order valence-electron chi connectivity index (χ0n) is 6.71. The zero-order chi connectivity index (χ0) is 10.3. The molecule has 2 rings (SSSR count). The number of aromatic carboxylic acids is 1. The van der Waals surface area contributed by atoms with Crippen molar-refractivity contribution in [3.05, 3.63) is 27.2 Å². The molecule has 2 N–H and O–H groups in total. The highest BCUT2D eigenvalue weighted by molar-refractivity contribution is 14.1. The Morgan fingerprint density at radius 3 is 2.93 bits per heavy atom. The number of halogens is 2. The Morgan fingerprint density at radius 1 is 1.57 bits per heavy atom. The molecular formula is C8H4FIN2O2. The van der Waals surface area contributed by atoms with Crippen molar-refractivity contribution in [1.29, 1.82) is 0 Å². The second-order valence-corrected chi connectivity index (χ2v) is 3.85. The smallest absolute Gasteiger partial charge is 0.357 e. The number of aromatic amines is 1. The third-order valence-electron chi connectivity index (χ3n) is 1.78. The van der Waals surface area contributed by atoms with Gasteiger partial charge in [-0.2, -0.15) is 5.10 Å². The van der Waals surface area contributed by atoms with Crippen LogP contribution in [0.25, 0.3) is 10.9 Å². The topological polar surface area (TPSA) is 66.0 Å². The van der Waals surface area contributed by atoms with Gasteiger partial charge in [0.15, 0.2) is 5.69 Å². The molecule has 14 heavy (non-hydrogen) atoms. The van der Waals surface area contributed by atoms with Crippen molar-refractivity contribution >= 4 is 39.5 Å². The molecule has 1 heterocycles. The zero-order valence-corrected chi connectivity index (χ0v) is 8.87. The summed E-state index contributed by atoms with van der Waals surface area (Å²) in [6, 6.07) is 2.49. The molecule has 72 valence electrons. The van der Waals surface area contributed by atoms with Gasteiger partial charge in [-0.05, 0) is 34.7 Å². The van der Waals surface area contributed by atoms with Crippen molar-refractivity contribution in [2.75, 3.05) is 0 Å². The van der Waals surface area contributed by atoms with E-state index in [0.29, 0.717) is 14.5 Å². The predicted octanol–water partition coefficient (Wildman–Crippen LogP) is 2.00. The predicted molar refractivity (Wildman–Crippen MR) is 55.7 cm³/mol. The average molecular weight is 306 g/mol. The highest BCUT2D eigenvalue weighted by Gasteiger charge is 2.15. The van der Waals surface area contributed by atoms with Crippen LogP contribution in [0.3, 0.4) is 0 Å². The van der Waals surface area contributed by atoms with Gasteiger partial charge in [-0.25, -0.2) is 9.18 Å². The van der Waals surface area contributed by atoms with Crippen molar-refractivity contribution in [1.82, 2.24) is 10.2 Å². The van der Waals surface area contributed by atoms with Gasteiger partial charge in [0.2, 0.25) is 0 Å². The summed E-state index contributed by atoms with van der Waals surface area (Å²) < 4.78 is 13.4. The quantitative estimate of drug-likeness (QED) is 0.792. The van der Waals surface area contributed by atoms with Crippen molar-refractivity contribution in [3.63, 3.8) is 0 Å². The Bertz CT molecular complexity index is 523. The molecule has 2 aromatic rings. The lowest BCUT2D eigenvalue weighted by Crippen LogP contribution is -1.97. The first-order valence-electron chi connectivity index (χ1n) is 3.66. The number of hydrogen-bond donors (Lipinski definition) is 2. The normalized spacial score (nSPS) is 10.7. The van der Waals surface area contributed by atoms with Gasteiger partial charge in [-0.15, -0.1) is 0 Å². The minimum Gasteiger partial charge on any atom is -0.476 e. The first kappa shape index (κ1) is 9.38. The lowest BCUT2D eigenvalue weighted by Gasteiger charge is -1.95. The molecule has 0 saturated carbocycles. The first-order valence-corrected chi connectivity index (χ1v) is 4.74. The van der Waals surface area contributed by atoms with Gasteiger partial charge < -0.3 is 5.11 Å². The highest BCUT2D eigenvalue weighted by atomic mass is 127. The van der Waals surface area contributed by atoms with E-state index in [4.69, 9.17) is 5.11 Å². The largest absolute Gasteiger partial charge is 0.476 e. The van der Waals surface area contributed by atoms with Gasteiger partial charge in [0.1, 0.15) is 5.82 Å². The number of carbonyl (C=O) groups is 1. The summed E-state index contributed by atoms with van der Waals surface area (Å²) in [5, 5.41) is 15.3. The van der Waals surface area contributed by atoms with Crippen LogP contribution in [0.1, 0.15) is 10.5 Å². The number of fused-ring (bicyclic) bond motifs is 1. The van der Waals surface area contributed by atoms with Crippen LogP contribution in [0.5, 0.6) is 0 Å². The lowest BCUT2D eigenvalue weighted by atomic mass is 10.2. The Kier molecular flexibility index (Phi) is 2.14. The molecule has 0 aliphatic carbocycles. The van der Waals surface area contributed by atoms with E-state index in [-0.39, 0.29) is 5.69 Å². The molecule has 0 bridgehead atoms. The van der Waals surface area contributed by atoms with Crippen LogP contribution in [0.15, 0.2) is 12.1 Å². The van der Waals surface area contributed by atoms with Crippen LogP contribution in [0, 0.1) is 9.39 Å². The maximum absolute atomic E-state index is 12.9. The molecule has 0 fully saturated rings. The fourth-order valence-electron chi connectivity index (χ4n) is 1.23. The van der Waals surface area contributed by atoms with Crippen molar-refractivity contribution < 1.29 is 14.3 Å². The molecule has 6 heteroatoms. The van der Waals surface area contributed by atoms with E-state index in [1.54, 1.807) is 0 Å². The summed E-state index contributed by atoms with van der Waals surface area (Å²) in [7, 11) is 0. The van der Waals surface area contributed by atoms with E-state index in [2.05, 4.69) is 10.2 Å². The van der Waals surface area contributed by atoms with Gasteiger partial charge in [0, 0.05) is 8.96 Å². The fourth-order valence-corrected chi connectivity index (χ4v) is 2.07. The Balaban J connectivity index is 2.85. The number of nitrogens with one attached hydrogen (secondary N) is 1. The fraction of sp³-hybridized carbons (Fsp3) is 0. The summed E-state index contributed by atoms with van der Waals surface area (Å²) in [5.41, 5.74) is 0.316. The number of carboxylic acids is 1. The summed E-state index contributed by atoms with van der Waals surface area (Å²) >= 11 is 1.88. The van der Waals surface area contributed by atoms with Crippen LogP contribution in [-0.4, -0.2) is 21.3 Å². The van der Waals surface area contributed by atoms with E-state index in [1.165, 1.54) is 12.1 Å². The molecule has 0 unspecified atom stereocenters. The maximum Gasteiger partial charge on any atom is 0.357 e. The van der Waals surface area contributed by atoms with Crippen LogP contribution < -0.4 is 0 Å². The average Bonchev–Trinajstić information content (AvgIpc) is 2.47. The summed E-state index contributed by atoms with van der Waals surface area (Å²) in [5.74, 6) is -1.54. The van der Waals surface area contributed by atoms with E-state index in [9.17, 15) is 9.18 Å². The number of aromatic nitrogens is 2. The van der Waals surface area contributed by atoms with Crippen LogP contribution in [0.4, 0.5) is 4.39 Å². The molecule has 0 atom stereocenters. The number of carboxylic acid groups (broad SMARTS) is 1. The lowest BCUT2D eigenvalue weighted by molar-refractivity contribution is 0.0692. The molecule has 1 aromatic heterocycles. The Hall–Kier alpha value is -1.18. The molecule has 0 aliphatic heterocycles. The molecule has 0 aliphatic rings. The first-order chi connectivity index (χ1) is 6.59. The number of hydrogen-bond acceptors (Lipinski definition) is 2. The second-order valence-electron chi connectivity index (χ2n) is 2.69. The molecule has 0 amide bonds. The third kappa shape index (κ3) is 1.35. The SMILES string of the molecule is O=C(O)c1n[nH]c2cc(F)cc(I)c12. The van der Waals surface area contributed by atoms with Crippen molar-refractivity contribution in [2.24, 2.45) is 0 Å². The van der Waals surface area contributed by atoms with Crippen molar-refractivity contribution in [2.45, 2.75) is 0 Å². The van der Waals surface area contributed by atoms with Gasteiger partial charge in [0.25, 0.3) is 0 Å². The summed E-state index contributed by atoms with van der Waals surface area (Å²) in [6.07, 6.45) is 0. The van der Waals surface area contributed by atoms with E-state index < -0.39 is 11.8 Å². The van der Waals surface area contributed by atoms with Crippen LogP contribution in [-0.2, 0) is 0 Å². The minimum atomic E-state index is -1.12. The Labute approximate surface area is 91.3 Å². The van der Waals surface area contributed by atoms with Gasteiger partial charge in [-0.3, -0.25) is 5.10 Å². The molecule has 4 nitrogen and oxygen atoms in total. The van der Waals surface area contributed by atoms with E-state index >= 15 is 0 Å². The number of H-pyrrole nitrogens is 1. The maximum atomic E-state index is 12.9. The monoisotopic (exact) mass is 306 g/mol. The molecule has 0 saturated heterocycles. The van der Waals surface area contributed by atoms with Gasteiger partial charge in [-0.1, -0.05) is 0 Å². The summed E-state index contributed by atoms with van der Waals surface area (Å²) in [4.78, 5) is 10.7. The standard InChI is InChI=1S/C8H4FIN2O2/c9-3-1-4(10)6-5(2-3)11-12-7(6)8(13)14/h1-2H,(H,11,12)(H,13,14). The third-order valence-corrected chi connectivity index (χ3v) is 2.63. The Morgan fingerprint density at radius 2 is 2.29 bits per heavy atom. The minimum absolute atomic E-state index is 0.0793. The number of benzene rings is 1. The number of nitrogens with zero attached hydrogens (tertiary/aromatic N) is 1. The van der Waals surface area contributed by atoms with Crippen LogP contribution in [0.2, 0.25) is 0 Å². The van der Waals surface area contributed by atoms with Gasteiger partial charge >= 0.3 is 5.97 Å². The second kappa shape index (κ2) is 3.19. The van der Waals surface area contributed by atoms with Crippen molar-refractivity contribution in [3.8, 4) is 0 Å². The van der Waals surface area contributed by atoms with E-state index in [1.807, 2.05) is 22.6 Å². The van der Waals surface area contributed by atoms with E-state index in [0.717, 1.165) is 0 Å². The molecule has 0 spiro atoms. The molecular weight excluding hydrogens is 302 g/mol. The van der Waals surface area contributed by atoms with Crippen LogP contribution >= 0.6 is 22.6 Å². The molecule has 0 radical (unpaired) electrons. The van der Waals surface area contributed by atoms with Gasteiger partial charge in [0.05, 0.1) is 5.52 Å². The number of rotatable bonds is 1. The highest BCUT2D eigenvalue weighted by Crippen LogP contribution is 2.23. The molecule has 1 aromatic carbocycles. The summed E-state index contributed by atoms with van der Waals surface area (Å²) in [6.45, 7) is 0.